The molecule has 3 heteroatoms. The monoisotopic (exact) mass is 271 g/mol. The standard InChI is InChI=1S/C17H21NO2/c1-3-14-4-8-17(9-5-14)20-13-12-18-15-6-10-16(19-2)11-7-15/h4-11,18H,3,12-13H2,1-2H3. The van der Waals surface area contributed by atoms with Gasteiger partial charge in [-0.1, -0.05) is 19.1 Å². The zero-order valence-electron chi connectivity index (χ0n) is 12.1. The van der Waals surface area contributed by atoms with E-state index < -0.39 is 0 Å². The molecule has 0 spiro atoms. The van der Waals surface area contributed by atoms with Gasteiger partial charge >= 0.3 is 0 Å². The molecule has 1 N–H and O–H groups in total. The van der Waals surface area contributed by atoms with Crippen molar-refractivity contribution in [3.05, 3.63) is 54.1 Å². The normalized spacial score (nSPS) is 10.1. The number of hydrogen-bond acceptors (Lipinski definition) is 3. The lowest BCUT2D eigenvalue weighted by Crippen LogP contribution is -2.11. The van der Waals surface area contributed by atoms with E-state index in [0.29, 0.717) is 6.61 Å². The zero-order chi connectivity index (χ0) is 14.2. The van der Waals surface area contributed by atoms with E-state index >= 15 is 0 Å². The lowest BCUT2D eigenvalue weighted by atomic mass is 10.2. The van der Waals surface area contributed by atoms with Crippen molar-refractivity contribution >= 4 is 5.69 Å². The van der Waals surface area contributed by atoms with Gasteiger partial charge in [0.25, 0.3) is 0 Å². The van der Waals surface area contributed by atoms with Gasteiger partial charge in [-0.15, -0.1) is 0 Å². The molecule has 0 saturated heterocycles. The predicted octanol–water partition coefficient (Wildman–Crippen LogP) is 3.75. The van der Waals surface area contributed by atoms with Crippen LogP contribution < -0.4 is 14.8 Å². The van der Waals surface area contributed by atoms with Crippen molar-refractivity contribution in [1.29, 1.82) is 0 Å². The molecule has 106 valence electrons. The Morgan fingerprint density at radius 1 is 0.900 bits per heavy atom. The highest BCUT2D eigenvalue weighted by molar-refractivity contribution is 5.46. The molecule has 2 rings (SSSR count). The van der Waals surface area contributed by atoms with Crippen LogP contribution >= 0.6 is 0 Å². The minimum absolute atomic E-state index is 0.636. The minimum atomic E-state index is 0.636. The maximum atomic E-state index is 5.68. The van der Waals surface area contributed by atoms with E-state index in [1.807, 2.05) is 36.4 Å². The van der Waals surface area contributed by atoms with Crippen LogP contribution in [0.1, 0.15) is 12.5 Å². The Hall–Kier alpha value is -2.16. The molecule has 0 aliphatic heterocycles. The molecular weight excluding hydrogens is 250 g/mol. The number of aryl methyl sites for hydroxylation is 1. The van der Waals surface area contributed by atoms with Crippen LogP contribution in [0.25, 0.3) is 0 Å². The van der Waals surface area contributed by atoms with Crippen molar-refractivity contribution < 1.29 is 9.47 Å². The minimum Gasteiger partial charge on any atom is -0.497 e. The molecule has 0 bridgehead atoms. The lowest BCUT2D eigenvalue weighted by molar-refractivity contribution is 0.333. The quantitative estimate of drug-likeness (QED) is 0.778. The van der Waals surface area contributed by atoms with Gasteiger partial charge in [0.1, 0.15) is 18.1 Å². The van der Waals surface area contributed by atoms with Crippen LogP contribution in [-0.2, 0) is 6.42 Å². The van der Waals surface area contributed by atoms with Crippen LogP contribution in [0.4, 0.5) is 5.69 Å². The van der Waals surface area contributed by atoms with Crippen LogP contribution in [0.15, 0.2) is 48.5 Å². The van der Waals surface area contributed by atoms with E-state index in [4.69, 9.17) is 9.47 Å². The fourth-order valence-electron chi connectivity index (χ4n) is 1.89. The van der Waals surface area contributed by atoms with Crippen molar-refractivity contribution in [3.8, 4) is 11.5 Å². The topological polar surface area (TPSA) is 30.5 Å². The van der Waals surface area contributed by atoms with Crippen LogP contribution in [0.5, 0.6) is 11.5 Å². The molecule has 0 radical (unpaired) electrons. The first-order chi connectivity index (χ1) is 9.81. The Morgan fingerprint density at radius 2 is 1.55 bits per heavy atom. The van der Waals surface area contributed by atoms with E-state index in [9.17, 15) is 0 Å². The van der Waals surface area contributed by atoms with Gasteiger partial charge in [-0.3, -0.25) is 0 Å². The summed E-state index contributed by atoms with van der Waals surface area (Å²) < 4.78 is 10.8. The molecule has 0 saturated carbocycles. The molecular formula is C17H21NO2. The number of rotatable bonds is 7. The van der Waals surface area contributed by atoms with E-state index in [1.54, 1.807) is 7.11 Å². The summed E-state index contributed by atoms with van der Waals surface area (Å²) in [5.74, 6) is 1.78. The van der Waals surface area contributed by atoms with Crippen molar-refractivity contribution in [1.82, 2.24) is 0 Å². The van der Waals surface area contributed by atoms with E-state index in [2.05, 4.69) is 24.4 Å². The van der Waals surface area contributed by atoms with Gasteiger partial charge in [-0.05, 0) is 48.4 Å². The van der Waals surface area contributed by atoms with Crippen LogP contribution in [0, 0.1) is 0 Å². The Bertz CT molecular complexity index is 456. The number of nitrogens with one attached hydrogen (secondary N) is 1. The van der Waals surface area contributed by atoms with E-state index in [-0.39, 0.29) is 0 Å². The summed E-state index contributed by atoms with van der Waals surface area (Å²) in [6.45, 7) is 3.55. The third kappa shape index (κ3) is 4.19. The highest BCUT2D eigenvalue weighted by atomic mass is 16.5. The third-order valence-electron chi connectivity index (χ3n) is 3.12. The summed E-state index contributed by atoms with van der Waals surface area (Å²) in [5.41, 5.74) is 2.39. The fraction of sp³-hybridized carbons (Fsp3) is 0.294. The average molecular weight is 271 g/mol. The summed E-state index contributed by atoms with van der Waals surface area (Å²) >= 11 is 0. The van der Waals surface area contributed by atoms with Crippen molar-refractivity contribution in [2.45, 2.75) is 13.3 Å². The molecule has 2 aromatic carbocycles. The molecule has 0 atom stereocenters. The molecule has 3 nitrogen and oxygen atoms in total. The molecule has 0 aliphatic carbocycles. The van der Waals surface area contributed by atoms with Crippen molar-refractivity contribution in [2.75, 3.05) is 25.6 Å². The molecule has 2 aromatic rings. The Labute approximate surface area is 120 Å². The first kappa shape index (κ1) is 14.3. The van der Waals surface area contributed by atoms with Gasteiger partial charge in [0.05, 0.1) is 7.11 Å². The van der Waals surface area contributed by atoms with Gasteiger partial charge in [0, 0.05) is 12.2 Å². The fourth-order valence-corrected chi connectivity index (χ4v) is 1.89. The lowest BCUT2D eigenvalue weighted by Gasteiger charge is -2.09. The highest BCUT2D eigenvalue weighted by Crippen LogP contribution is 2.15. The first-order valence-corrected chi connectivity index (χ1v) is 6.91. The summed E-state index contributed by atoms with van der Waals surface area (Å²) in [6.07, 6.45) is 1.05. The average Bonchev–Trinajstić information content (AvgIpc) is 2.53. The SMILES string of the molecule is CCc1ccc(OCCNc2ccc(OC)cc2)cc1. The first-order valence-electron chi connectivity index (χ1n) is 6.91. The van der Waals surface area contributed by atoms with Crippen molar-refractivity contribution in [3.63, 3.8) is 0 Å². The zero-order valence-corrected chi connectivity index (χ0v) is 12.1. The third-order valence-corrected chi connectivity index (χ3v) is 3.12. The second-order valence-electron chi connectivity index (χ2n) is 4.50. The smallest absolute Gasteiger partial charge is 0.119 e. The summed E-state index contributed by atoms with van der Waals surface area (Å²) in [7, 11) is 1.67. The maximum Gasteiger partial charge on any atom is 0.119 e. The number of ether oxygens (including phenoxy) is 2. The van der Waals surface area contributed by atoms with E-state index in [1.165, 1.54) is 5.56 Å². The van der Waals surface area contributed by atoms with Crippen LogP contribution in [0.3, 0.4) is 0 Å². The summed E-state index contributed by atoms with van der Waals surface area (Å²) in [5, 5.41) is 3.31. The van der Waals surface area contributed by atoms with Gasteiger partial charge < -0.3 is 14.8 Å². The molecule has 0 heterocycles. The molecule has 0 amide bonds. The Morgan fingerprint density at radius 3 is 2.15 bits per heavy atom. The maximum absolute atomic E-state index is 5.68. The van der Waals surface area contributed by atoms with Gasteiger partial charge in [-0.2, -0.15) is 0 Å². The second kappa shape index (κ2) is 7.43. The van der Waals surface area contributed by atoms with Crippen molar-refractivity contribution in [2.24, 2.45) is 0 Å². The second-order valence-corrected chi connectivity index (χ2v) is 4.50. The molecule has 0 aromatic heterocycles. The van der Waals surface area contributed by atoms with Gasteiger partial charge in [-0.25, -0.2) is 0 Å². The Kier molecular flexibility index (Phi) is 5.30. The van der Waals surface area contributed by atoms with Gasteiger partial charge in [0.2, 0.25) is 0 Å². The molecule has 0 unspecified atom stereocenters. The number of hydrogen-bond donors (Lipinski definition) is 1. The molecule has 0 fully saturated rings. The largest absolute Gasteiger partial charge is 0.497 e. The summed E-state index contributed by atoms with van der Waals surface area (Å²) in [6, 6.07) is 16.1. The number of anilines is 1. The van der Waals surface area contributed by atoms with Crippen LogP contribution in [-0.4, -0.2) is 20.3 Å². The highest BCUT2D eigenvalue weighted by Gasteiger charge is 1.96. The summed E-state index contributed by atoms with van der Waals surface area (Å²) in [4.78, 5) is 0. The van der Waals surface area contributed by atoms with E-state index in [0.717, 1.165) is 30.2 Å². The molecule has 20 heavy (non-hydrogen) atoms. The molecule has 0 aliphatic rings. The number of methoxy groups -OCH3 is 1. The predicted molar refractivity (Wildman–Crippen MR) is 82.8 cm³/mol. The Balaban J connectivity index is 1.72. The van der Waals surface area contributed by atoms with Crippen LogP contribution in [0.2, 0.25) is 0 Å². The number of benzene rings is 2. The van der Waals surface area contributed by atoms with Gasteiger partial charge in [0.15, 0.2) is 0 Å².